The van der Waals surface area contributed by atoms with Crippen molar-refractivity contribution in [1.29, 1.82) is 0 Å². The van der Waals surface area contributed by atoms with E-state index in [0.717, 1.165) is 50.2 Å². The summed E-state index contributed by atoms with van der Waals surface area (Å²) in [4.78, 5) is 13.0. The van der Waals surface area contributed by atoms with E-state index in [9.17, 15) is 9.18 Å². The van der Waals surface area contributed by atoms with Gasteiger partial charge >= 0.3 is 5.97 Å². The number of halogens is 1. The Balaban J connectivity index is 1.48. The zero-order valence-electron chi connectivity index (χ0n) is 11.9. The molecule has 5 heteroatoms. The summed E-state index contributed by atoms with van der Waals surface area (Å²) in [6, 6.07) is 4.68. The lowest BCUT2D eigenvalue weighted by Gasteiger charge is -2.32. The second-order valence-electron chi connectivity index (χ2n) is 6.04. The average molecular weight is 293 g/mol. The highest BCUT2D eigenvalue weighted by Crippen LogP contribution is 2.30. The van der Waals surface area contributed by atoms with E-state index in [1.165, 1.54) is 6.07 Å². The number of piperidine rings is 1. The molecule has 1 saturated heterocycles. The summed E-state index contributed by atoms with van der Waals surface area (Å²) in [7, 11) is 0. The highest BCUT2D eigenvalue weighted by molar-refractivity contribution is 5.67. The number of ether oxygens (including phenoxy) is 1. The third-order valence-electron chi connectivity index (χ3n) is 4.40. The Labute approximate surface area is 123 Å². The van der Waals surface area contributed by atoms with Gasteiger partial charge in [-0.2, -0.15) is 0 Å². The van der Waals surface area contributed by atoms with Crippen LogP contribution in [0, 0.1) is 11.7 Å². The van der Waals surface area contributed by atoms with Gasteiger partial charge in [-0.3, -0.25) is 9.69 Å². The van der Waals surface area contributed by atoms with Crippen LogP contribution >= 0.6 is 0 Å². The fraction of sp³-hybridized carbons (Fsp3) is 0.562. The fourth-order valence-corrected chi connectivity index (χ4v) is 3.30. The van der Waals surface area contributed by atoms with Crippen LogP contribution in [0.4, 0.5) is 4.39 Å². The van der Waals surface area contributed by atoms with Crippen LogP contribution in [-0.4, -0.2) is 41.7 Å². The number of rotatable bonds is 4. The minimum absolute atomic E-state index is 0.0813. The number of carbonyl (C=O) groups is 1. The molecule has 2 heterocycles. The Morgan fingerprint density at radius 2 is 2.14 bits per heavy atom. The van der Waals surface area contributed by atoms with Crippen LogP contribution in [0.5, 0.6) is 5.75 Å². The summed E-state index contributed by atoms with van der Waals surface area (Å²) < 4.78 is 19.0. The van der Waals surface area contributed by atoms with Crippen LogP contribution in [-0.2, 0) is 11.2 Å². The van der Waals surface area contributed by atoms with E-state index < -0.39 is 5.97 Å². The molecular formula is C16H20FNO3. The Kier molecular flexibility index (Phi) is 4.10. The lowest BCUT2D eigenvalue weighted by molar-refractivity contribution is -0.138. The molecule has 0 radical (unpaired) electrons. The van der Waals surface area contributed by atoms with Crippen LogP contribution in [0.1, 0.15) is 24.8 Å². The first kappa shape index (κ1) is 14.3. The van der Waals surface area contributed by atoms with Crippen molar-refractivity contribution in [2.24, 2.45) is 5.92 Å². The molecule has 0 bridgehead atoms. The van der Waals surface area contributed by atoms with E-state index in [-0.39, 0.29) is 18.3 Å². The third kappa shape index (κ3) is 3.53. The number of carboxylic acid groups (broad SMARTS) is 1. The first-order valence-electron chi connectivity index (χ1n) is 7.49. The molecule has 1 N–H and O–H groups in total. The van der Waals surface area contributed by atoms with E-state index in [2.05, 4.69) is 4.90 Å². The normalized spacial score (nSPS) is 22.8. The molecule has 1 aromatic rings. The molecule has 1 fully saturated rings. The van der Waals surface area contributed by atoms with E-state index in [4.69, 9.17) is 9.84 Å². The van der Waals surface area contributed by atoms with Crippen molar-refractivity contribution in [3.63, 3.8) is 0 Å². The number of likely N-dealkylation sites (tertiary alicyclic amines) is 1. The van der Waals surface area contributed by atoms with Crippen LogP contribution in [0.3, 0.4) is 0 Å². The van der Waals surface area contributed by atoms with Crippen molar-refractivity contribution >= 4 is 5.97 Å². The number of fused-ring (bicyclic) bond motifs is 1. The van der Waals surface area contributed by atoms with Gasteiger partial charge in [0.05, 0.1) is 0 Å². The maximum atomic E-state index is 13.2. The number of hydrogen-bond donors (Lipinski definition) is 1. The molecule has 2 aliphatic heterocycles. The van der Waals surface area contributed by atoms with E-state index in [1.807, 2.05) is 0 Å². The average Bonchev–Trinajstić information content (AvgIpc) is 2.82. The van der Waals surface area contributed by atoms with Crippen LogP contribution in [0.15, 0.2) is 18.2 Å². The highest BCUT2D eigenvalue weighted by Gasteiger charge is 2.28. The summed E-state index contributed by atoms with van der Waals surface area (Å²) in [5.41, 5.74) is 0.945. The smallest absolute Gasteiger partial charge is 0.303 e. The van der Waals surface area contributed by atoms with E-state index >= 15 is 0 Å². The molecule has 1 aromatic carbocycles. The molecular weight excluding hydrogens is 273 g/mol. The van der Waals surface area contributed by atoms with Crippen molar-refractivity contribution < 1.29 is 19.0 Å². The molecule has 0 saturated carbocycles. The van der Waals surface area contributed by atoms with E-state index in [0.29, 0.717) is 5.92 Å². The van der Waals surface area contributed by atoms with Crippen molar-refractivity contribution in [3.05, 3.63) is 29.6 Å². The number of hydrogen-bond acceptors (Lipinski definition) is 3. The zero-order chi connectivity index (χ0) is 14.8. The first-order chi connectivity index (χ1) is 10.1. The fourth-order valence-electron chi connectivity index (χ4n) is 3.30. The van der Waals surface area contributed by atoms with Gasteiger partial charge in [0, 0.05) is 24.9 Å². The Hall–Kier alpha value is -1.62. The highest BCUT2D eigenvalue weighted by atomic mass is 19.1. The van der Waals surface area contributed by atoms with Gasteiger partial charge in [0.2, 0.25) is 0 Å². The Morgan fingerprint density at radius 3 is 2.86 bits per heavy atom. The first-order valence-corrected chi connectivity index (χ1v) is 7.49. The molecule has 0 amide bonds. The van der Waals surface area contributed by atoms with Crippen LogP contribution in [0.2, 0.25) is 0 Å². The molecule has 2 aliphatic rings. The molecule has 4 nitrogen and oxygen atoms in total. The monoisotopic (exact) mass is 293 g/mol. The van der Waals surface area contributed by atoms with Gasteiger partial charge < -0.3 is 9.84 Å². The zero-order valence-corrected chi connectivity index (χ0v) is 11.9. The number of carboxylic acids is 1. The third-order valence-corrected chi connectivity index (χ3v) is 4.40. The quantitative estimate of drug-likeness (QED) is 0.925. The molecule has 114 valence electrons. The summed E-state index contributed by atoms with van der Waals surface area (Å²) in [6.07, 6.45) is 2.97. The largest absolute Gasteiger partial charge is 0.488 e. The van der Waals surface area contributed by atoms with E-state index in [1.54, 1.807) is 12.1 Å². The number of aliphatic carboxylic acids is 1. The molecule has 0 aromatic heterocycles. The van der Waals surface area contributed by atoms with Gasteiger partial charge in [-0.15, -0.1) is 0 Å². The minimum Gasteiger partial charge on any atom is -0.488 e. The van der Waals surface area contributed by atoms with Gasteiger partial charge in [0.25, 0.3) is 0 Å². The second-order valence-corrected chi connectivity index (χ2v) is 6.04. The summed E-state index contributed by atoms with van der Waals surface area (Å²) >= 11 is 0. The Morgan fingerprint density at radius 1 is 1.38 bits per heavy atom. The number of nitrogens with zero attached hydrogens (tertiary/aromatic N) is 1. The summed E-state index contributed by atoms with van der Waals surface area (Å²) in [5, 5.41) is 8.82. The molecule has 0 aliphatic carbocycles. The van der Waals surface area contributed by atoms with Crippen molar-refractivity contribution in [2.75, 3.05) is 19.6 Å². The van der Waals surface area contributed by atoms with Crippen molar-refractivity contribution in [3.8, 4) is 5.75 Å². The SMILES string of the molecule is O=C(O)CC1CCN(CC2Cc3cc(F)ccc3O2)CC1. The van der Waals surface area contributed by atoms with Crippen LogP contribution in [0.25, 0.3) is 0 Å². The Bertz CT molecular complexity index is 526. The predicted molar refractivity (Wildman–Crippen MR) is 75.9 cm³/mol. The van der Waals surface area contributed by atoms with Gasteiger partial charge in [-0.1, -0.05) is 0 Å². The minimum atomic E-state index is -0.704. The van der Waals surface area contributed by atoms with Crippen molar-refractivity contribution in [2.45, 2.75) is 31.8 Å². The standard InChI is InChI=1S/C16H20FNO3/c17-13-1-2-15-12(8-13)9-14(21-15)10-18-5-3-11(4-6-18)7-16(19)20/h1-2,8,11,14H,3-7,9-10H2,(H,19,20). The topological polar surface area (TPSA) is 49.8 Å². The molecule has 1 atom stereocenters. The lowest BCUT2D eigenvalue weighted by Crippen LogP contribution is -2.40. The van der Waals surface area contributed by atoms with Crippen LogP contribution < -0.4 is 4.74 Å². The van der Waals surface area contributed by atoms with Gasteiger partial charge in [-0.05, 0) is 50.0 Å². The van der Waals surface area contributed by atoms with Crippen molar-refractivity contribution in [1.82, 2.24) is 4.90 Å². The second kappa shape index (κ2) is 6.02. The molecule has 3 rings (SSSR count). The summed E-state index contributed by atoms with van der Waals surface area (Å²) in [6.45, 7) is 2.67. The maximum Gasteiger partial charge on any atom is 0.303 e. The molecule has 1 unspecified atom stereocenters. The van der Waals surface area contributed by atoms with Gasteiger partial charge in [-0.25, -0.2) is 4.39 Å². The molecule has 21 heavy (non-hydrogen) atoms. The lowest BCUT2D eigenvalue weighted by atomic mass is 9.93. The van der Waals surface area contributed by atoms with Gasteiger partial charge in [0.15, 0.2) is 0 Å². The maximum absolute atomic E-state index is 13.2. The number of benzene rings is 1. The summed E-state index contributed by atoms with van der Waals surface area (Å²) in [5.74, 6) is 0.175. The molecule has 0 spiro atoms. The van der Waals surface area contributed by atoms with Gasteiger partial charge in [0.1, 0.15) is 17.7 Å². The predicted octanol–water partition coefficient (Wildman–Crippen LogP) is 2.32.